The number of fused-ring (bicyclic) bond motifs is 3. The van der Waals surface area contributed by atoms with E-state index < -0.39 is 0 Å². The number of aromatic nitrogens is 7. The Kier molecular flexibility index (Phi) is 3.33. The van der Waals surface area contributed by atoms with E-state index in [2.05, 4.69) is 32.3 Å². The van der Waals surface area contributed by atoms with Crippen LogP contribution in [0.2, 0.25) is 0 Å². The van der Waals surface area contributed by atoms with Crippen LogP contribution in [0.5, 0.6) is 0 Å². The molecule has 0 spiro atoms. The van der Waals surface area contributed by atoms with Gasteiger partial charge in [-0.2, -0.15) is 9.61 Å². The second-order valence-electron chi connectivity index (χ2n) is 6.92. The predicted octanol–water partition coefficient (Wildman–Crippen LogP) is 4.33. The van der Waals surface area contributed by atoms with Crippen molar-refractivity contribution in [3.63, 3.8) is 0 Å². The van der Waals surface area contributed by atoms with Crippen molar-refractivity contribution >= 4 is 32.8 Å². The topological polar surface area (TPSA) is 73.3 Å². The molecule has 0 aliphatic rings. The van der Waals surface area contributed by atoms with Gasteiger partial charge in [-0.15, -0.1) is 10.2 Å². The van der Waals surface area contributed by atoms with Crippen LogP contribution in [0.3, 0.4) is 0 Å². The van der Waals surface area contributed by atoms with E-state index in [4.69, 9.17) is 5.10 Å². The molecular formula is C21H15N7S. The summed E-state index contributed by atoms with van der Waals surface area (Å²) in [5.41, 5.74) is 5.68. The first kappa shape index (κ1) is 16.3. The SMILES string of the molecule is Cc1ccc2c(-c3nn4c(-c5c(C)nc6ccccn56)nnc4s3)cccc2n1. The monoisotopic (exact) mass is 397 g/mol. The zero-order valence-electron chi connectivity index (χ0n) is 15.7. The van der Waals surface area contributed by atoms with Crippen molar-refractivity contribution in [2.24, 2.45) is 0 Å². The number of aryl methyl sites for hydroxylation is 2. The second kappa shape index (κ2) is 5.92. The van der Waals surface area contributed by atoms with Gasteiger partial charge in [0.15, 0.2) is 0 Å². The van der Waals surface area contributed by atoms with Crippen LogP contribution in [0.1, 0.15) is 11.4 Å². The van der Waals surface area contributed by atoms with Crippen molar-refractivity contribution in [2.75, 3.05) is 0 Å². The lowest BCUT2D eigenvalue weighted by Crippen LogP contribution is -1.96. The summed E-state index contributed by atoms with van der Waals surface area (Å²) in [6.45, 7) is 3.98. The molecule has 8 heteroatoms. The van der Waals surface area contributed by atoms with Crippen molar-refractivity contribution in [1.82, 2.24) is 34.2 Å². The van der Waals surface area contributed by atoms with Gasteiger partial charge in [0.25, 0.3) is 0 Å². The molecule has 1 aromatic carbocycles. The summed E-state index contributed by atoms with van der Waals surface area (Å²) < 4.78 is 3.83. The molecule has 0 radical (unpaired) electrons. The van der Waals surface area contributed by atoms with E-state index in [0.717, 1.165) is 49.2 Å². The fraction of sp³-hybridized carbons (Fsp3) is 0.0952. The maximum Gasteiger partial charge on any atom is 0.235 e. The largest absolute Gasteiger partial charge is 0.297 e. The number of imidazole rings is 1. The van der Waals surface area contributed by atoms with Crippen LogP contribution in [-0.4, -0.2) is 34.2 Å². The van der Waals surface area contributed by atoms with Gasteiger partial charge >= 0.3 is 0 Å². The Labute approximate surface area is 169 Å². The molecular weight excluding hydrogens is 382 g/mol. The van der Waals surface area contributed by atoms with E-state index in [0.29, 0.717) is 5.82 Å². The average molecular weight is 397 g/mol. The Morgan fingerprint density at radius 3 is 2.76 bits per heavy atom. The molecule has 6 rings (SSSR count). The number of pyridine rings is 2. The zero-order chi connectivity index (χ0) is 19.5. The third-order valence-corrected chi connectivity index (χ3v) is 5.94. The average Bonchev–Trinajstić information content (AvgIpc) is 3.39. The molecule has 0 saturated carbocycles. The maximum atomic E-state index is 4.86. The molecule has 5 aromatic heterocycles. The van der Waals surface area contributed by atoms with Crippen LogP contribution in [0.15, 0.2) is 54.7 Å². The molecule has 0 N–H and O–H groups in total. The first-order valence-electron chi connectivity index (χ1n) is 9.22. The summed E-state index contributed by atoms with van der Waals surface area (Å²) in [7, 11) is 0. The molecule has 0 fully saturated rings. The van der Waals surface area contributed by atoms with Crippen molar-refractivity contribution in [3.8, 4) is 22.1 Å². The molecule has 6 aromatic rings. The lowest BCUT2D eigenvalue weighted by Gasteiger charge is -2.03. The lowest BCUT2D eigenvalue weighted by molar-refractivity contribution is 0.954. The third-order valence-electron chi connectivity index (χ3n) is 5.01. The molecule has 0 aliphatic heterocycles. The van der Waals surface area contributed by atoms with E-state index in [9.17, 15) is 0 Å². The highest BCUT2D eigenvalue weighted by Gasteiger charge is 2.20. The Hall–Kier alpha value is -3.65. The summed E-state index contributed by atoms with van der Waals surface area (Å²) in [4.78, 5) is 10.0. The third kappa shape index (κ3) is 2.39. The molecule has 0 saturated heterocycles. The first-order valence-corrected chi connectivity index (χ1v) is 10.0. The summed E-state index contributed by atoms with van der Waals surface area (Å²) in [5, 5.41) is 15.6. The normalized spacial score (nSPS) is 11.8. The summed E-state index contributed by atoms with van der Waals surface area (Å²) in [6, 6.07) is 16.2. The molecule has 7 nitrogen and oxygen atoms in total. The Morgan fingerprint density at radius 1 is 0.897 bits per heavy atom. The highest BCUT2D eigenvalue weighted by Crippen LogP contribution is 2.33. The van der Waals surface area contributed by atoms with Gasteiger partial charge in [-0.25, -0.2) is 4.98 Å². The van der Waals surface area contributed by atoms with Crippen LogP contribution in [-0.2, 0) is 0 Å². The van der Waals surface area contributed by atoms with Crippen LogP contribution in [0.4, 0.5) is 0 Å². The van der Waals surface area contributed by atoms with E-state index in [1.807, 2.05) is 65.4 Å². The van der Waals surface area contributed by atoms with Crippen molar-refractivity contribution < 1.29 is 0 Å². The number of rotatable bonds is 2. The molecule has 0 atom stereocenters. The van der Waals surface area contributed by atoms with Crippen LogP contribution in [0, 0.1) is 13.8 Å². The summed E-state index contributed by atoms with van der Waals surface area (Å²) in [5.74, 6) is 0.688. The molecule has 0 aliphatic carbocycles. The quantitative estimate of drug-likeness (QED) is 0.435. The predicted molar refractivity (Wildman–Crippen MR) is 113 cm³/mol. The van der Waals surface area contributed by atoms with Gasteiger partial charge in [0.2, 0.25) is 10.8 Å². The molecule has 0 amide bonds. The standard InChI is InChI=1S/C21H15N7S/c1-12-9-10-14-15(6-5-7-16(14)22-12)20-26-28-19(24-25-21(28)29-20)18-13(2)23-17-8-3-4-11-27(17)18/h3-11H,1-2H3. The second-order valence-corrected chi connectivity index (χ2v) is 7.88. The number of hydrogen-bond acceptors (Lipinski definition) is 6. The number of nitrogens with zero attached hydrogens (tertiary/aromatic N) is 7. The van der Waals surface area contributed by atoms with Crippen LogP contribution < -0.4 is 0 Å². The van der Waals surface area contributed by atoms with Gasteiger partial charge < -0.3 is 0 Å². The lowest BCUT2D eigenvalue weighted by atomic mass is 10.1. The summed E-state index contributed by atoms with van der Waals surface area (Å²) in [6.07, 6.45) is 1.98. The van der Waals surface area contributed by atoms with Crippen molar-refractivity contribution in [2.45, 2.75) is 13.8 Å². The minimum absolute atomic E-state index is 0.688. The van der Waals surface area contributed by atoms with Gasteiger partial charge in [-0.1, -0.05) is 35.6 Å². The highest BCUT2D eigenvalue weighted by molar-refractivity contribution is 7.19. The van der Waals surface area contributed by atoms with Gasteiger partial charge in [0.1, 0.15) is 16.3 Å². The fourth-order valence-electron chi connectivity index (χ4n) is 3.70. The number of hydrogen-bond donors (Lipinski definition) is 0. The van der Waals surface area contributed by atoms with Crippen molar-refractivity contribution in [3.05, 3.63) is 66.1 Å². The molecule has 29 heavy (non-hydrogen) atoms. The fourth-order valence-corrected chi connectivity index (χ4v) is 4.58. The van der Waals surface area contributed by atoms with Gasteiger partial charge in [0.05, 0.1) is 11.2 Å². The van der Waals surface area contributed by atoms with Gasteiger partial charge in [-0.3, -0.25) is 9.38 Å². The van der Waals surface area contributed by atoms with Crippen molar-refractivity contribution in [1.29, 1.82) is 0 Å². The minimum atomic E-state index is 0.688. The molecule has 140 valence electrons. The number of benzene rings is 1. The van der Waals surface area contributed by atoms with E-state index in [1.165, 1.54) is 11.3 Å². The molecule has 0 unspecified atom stereocenters. The van der Waals surface area contributed by atoms with Crippen LogP contribution in [0.25, 0.3) is 43.6 Å². The zero-order valence-corrected chi connectivity index (χ0v) is 16.6. The van der Waals surface area contributed by atoms with E-state index in [1.54, 1.807) is 0 Å². The Balaban J connectivity index is 1.58. The van der Waals surface area contributed by atoms with E-state index >= 15 is 0 Å². The van der Waals surface area contributed by atoms with Crippen LogP contribution >= 0.6 is 11.3 Å². The first-order chi connectivity index (χ1) is 14.2. The summed E-state index contributed by atoms with van der Waals surface area (Å²) >= 11 is 1.52. The van der Waals surface area contributed by atoms with E-state index in [-0.39, 0.29) is 0 Å². The van der Waals surface area contributed by atoms with Gasteiger partial charge in [0, 0.05) is 22.8 Å². The minimum Gasteiger partial charge on any atom is -0.297 e. The molecule has 0 bridgehead atoms. The molecule has 5 heterocycles. The van der Waals surface area contributed by atoms with Gasteiger partial charge in [-0.05, 0) is 38.1 Å². The Bertz CT molecular complexity index is 1540. The Morgan fingerprint density at radius 2 is 1.83 bits per heavy atom. The smallest absolute Gasteiger partial charge is 0.235 e. The highest BCUT2D eigenvalue weighted by atomic mass is 32.1. The maximum absolute atomic E-state index is 4.86.